The zero-order chi connectivity index (χ0) is 20.9. The first-order valence-corrected chi connectivity index (χ1v) is 11.8. The van der Waals surface area contributed by atoms with Gasteiger partial charge in [-0.3, -0.25) is 0 Å². The Kier molecular flexibility index (Phi) is 4.88. The second-order valence-corrected chi connectivity index (χ2v) is 10.1. The zero-order valence-electron chi connectivity index (χ0n) is 18.7. The Morgan fingerprint density at radius 1 is 0.933 bits per heavy atom. The number of allylic oxidation sites excluding steroid dienone is 4. The molecule has 3 aliphatic carbocycles. The number of hydrogen-bond donors (Lipinski definition) is 1. The number of aryl methyl sites for hydroxylation is 1. The lowest BCUT2D eigenvalue weighted by atomic mass is 9.74. The highest BCUT2D eigenvalue weighted by Crippen LogP contribution is 2.57. The molecule has 0 aromatic heterocycles. The largest absolute Gasteiger partial charge is 0.507 e. The van der Waals surface area contributed by atoms with Gasteiger partial charge in [-0.15, -0.1) is 0 Å². The summed E-state index contributed by atoms with van der Waals surface area (Å²) in [6.45, 7) is 6.66. The van der Waals surface area contributed by atoms with Crippen LogP contribution in [0.5, 0.6) is 5.75 Å². The van der Waals surface area contributed by atoms with Gasteiger partial charge in [0.15, 0.2) is 0 Å². The Balaban J connectivity index is 1.67. The topological polar surface area (TPSA) is 20.2 Å². The van der Waals surface area contributed by atoms with Gasteiger partial charge in [0.25, 0.3) is 0 Å². The summed E-state index contributed by atoms with van der Waals surface area (Å²) in [5, 5.41) is 11.7. The fourth-order valence-electron chi connectivity index (χ4n) is 6.36. The molecule has 2 unspecified atom stereocenters. The number of phenols is 1. The van der Waals surface area contributed by atoms with E-state index in [1.165, 1.54) is 56.1 Å². The minimum atomic E-state index is -0.241. The lowest BCUT2D eigenvalue weighted by Gasteiger charge is -2.31. The van der Waals surface area contributed by atoms with Crippen molar-refractivity contribution >= 4 is 0 Å². The van der Waals surface area contributed by atoms with Crippen molar-refractivity contribution in [3.8, 4) is 5.75 Å². The van der Waals surface area contributed by atoms with Crippen LogP contribution in [0, 0.1) is 12.8 Å². The summed E-state index contributed by atoms with van der Waals surface area (Å²) in [4.78, 5) is 0. The van der Waals surface area contributed by atoms with Crippen LogP contribution >= 0.6 is 0 Å². The third kappa shape index (κ3) is 3.06. The van der Waals surface area contributed by atoms with Crippen molar-refractivity contribution in [1.82, 2.24) is 0 Å². The van der Waals surface area contributed by atoms with E-state index < -0.39 is 0 Å². The van der Waals surface area contributed by atoms with Crippen molar-refractivity contribution in [2.24, 2.45) is 5.92 Å². The van der Waals surface area contributed by atoms with Gasteiger partial charge in [0, 0.05) is 28.4 Å². The van der Waals surface area contributed by atoms with Gasteiger partial charge < -0.3 is 5.11 Å². The monoisotopic (exact) mass is 398 g/mol. The standard InChI is InChI=1S/C29H34O/c1-19-17-25(28(30)26(18-19)29(2,3)20-11-5-4-6-12-20)27-23-15-9-7-13-21(23)22-14-8-10-16-24(22)27/h4-6,11-12,15,17-18,21,27,30H,7-10,13-14,16H2,1-3H3. The van der Waals surface area contributed by atoms with Gasteiger partial charge in [0.1, 0.15) is 5.75 Å². The average Bonchev–Trinajstić information content (AvgIpc) is 3.10. The van der Waals surface area contributed by atoms with Gasteiger partial charge in [0.2, 0.25) is 0 Å². The van der Waals surface area contributed by atoms with Crippen LogP contribution < -0.4 is 0 Å². The molecule has 30 heavy (non-hydrogen) atoms. The van der Waals surface area contributed by atoms with E-state index in [-0.39, 0.29) is 5.41 Å². The minimum Gasteiger partial charge on any atom is -0.507 e. The lowest BCUT2D eigenvalue weighted by Crippen LogP contribution is -2.20. The van der Waals surface area contributed by atoms with Crippen molar-refractivity contribution in [1.29, 1.82) is 0 Å². The number of hydrogen-bond acceptors (Lipinski definition) is 1. The maximum absolute atomic E-state index is 11.7. The summed E-state index contributed by atoms with van der Waals surface area (Å²) < 4.78 is 0. The molecule has 0 aliphatic heterocycles. The highest BCUT2D eigenvalue weighted by molar-refractivity contribution is 5.60. The number of fused-ring (bicyclic) bond motifs is 2. The van der Waals surface area contributed by atoms with Gasteiger partial charge in [-0.2, -0.15) is 0 Å². The zero-order valence-corrected chi connectivity index (χ0v) is 18.7. The molecule has 0 bridgehead atoms. The lowest BCUT2D eigenvalue weighted by molar-refractivity contribution is 0.443. The second kappa shape index (κ2) is 7.45. The molecule has 156 valence electrons. The number of phenolic OH excluding ortho intramolecular Hbond substituents is 1. The molecule has 0 radical (unpaired) electrons. The first-order chi connectivity index (χ1) is 14.5. The maximum Gasteiger partial charge on any atom is 0.123 e. The Bertz CT molecular complexity index is 1020. The molecule has 5 rings (SSSR count). The van der Waals surface area contributed by atoms with Gasteiger partial charge in [0.05, 0.1) is 0 Å². The second-order valence-electron chi connectivity index (χ2n) is 10.1. The van der Waals surface area contributed by atoms with Gasteiger partial charge in [-0.25, -0.2) is 0 Å². The Labute approximate surface area is 181 Å². The number of benzene rings is 2. The van der Waals surface area contributed by atoms with Crippen molar-refractivity contribution in [2.45, 2.75) is 77.0 Å². The van der Waals surface area contributed by atoms with Crippen LogP contribution in [-0.4, -0.2) is 5.11 Å². The minimum absolute atomic E-state index is 0.241. The molecule has 2 aromatic carbocycles. The van der Waals surface area contributed by atoms with Crippen molar-refractivity contribution in [2.75, 3.05) is 0 Å². The molecule has 1 nitrogen and oxygen atoms in total. The van der Waals surface area contributed by atoms with E-state index in [1.54, 1.807) is 16.7 Å². The predicted molar refractivity (Wildman–Crippen MR) is 125 cm³/mol. The van der Waals surface area contributed by atoms with Gasteiger partial charge >= 0.3 is 0 Å². The summed E-state index contributed by atoms with van der Waals surface area (Å²) >= 11 is 0. The van der Waals surface area contributed by atoms with E-state index in [4.69, 9.17) is 0 Å². The van der Waals surface area contributed by atoms with E-state index >= 15 is 0 Å². The smallest absolute Gasteiger partial charge is 0.123 e. The third-order valence-electron chi connectivity index (χ3n) is 7.90. The molecule has 2 aromatic rings. The molecule has 1 heteroatoms. The van der Waals surface area contributed by atoms with Crippen molar-refractivity contribution < 1.29 is 5.11 Å². The van der Waals surface area contributed by atoms with Crippen LogP contribution in [0.1, 0.15) is 87.0 Å². The molecule has 1 N–H and O–H groups in total. The molecule has 0 fully saturated rings. The molecule has 3 aliphatic rings. The van der Waals surface area contributed by atoms with Crippen LogP contribution in [0.15, 0.2) is 65.3 Å². The van der Waals surface area contributed by atoms with Gasteiger partial charge in [-0.05, 0) is 57.4 Å². The summed E-state index contributed by atoms with van der Waals surface area (Å²) in [5.41, 5.74) is 9.42. The van der Waals surface area contributed by atoms with E-state index in [0.29, 0.717) is 17.6 Å². The summed E-state index contributed by atoms with van der Waals surface area (Å²) in [7, 11) is 0. The quantitative estimate of drug-likeness (QED) is 0.525. The van der Waals surface area contributed by atoms with Crippen LogP contribution in [0.2, 0.25) is 0 Å². The Morgan fingerprint density at radius 3 is 2.43 bits per heavy atom. The summed E-state index contributed by atoms with van der Waals surface area (Å²) in [5.74, 6) is 1.46. The van der Waals surface area contributed by atoms with E-state index in [0.717, 1.165) is 11.1 Å². The highest BCUT2D eigenvalue weighted by atomic mass is 16.3. The SMILES string of the molecule is Cc1cc(C2C3=CCCCC3C3=C2CCCC3)c(O)c(C(C)(C)c2ccccc2)c1. The molecule has 0 saturated carbocycles. The highest BCUT2D eigenvalue weighted by Gasteiger charge is 2.42. The fraction of sp³-hybridized carbons (Fsp3) is 0.448. The third-order valence-corrected chi connectivity index (χ3v) is 7.90. The van der Waals surface area contributed by atoms with Gasteiger partial charge in [-0.1, -0.05) is 84.7 Å². The van der Waals surface area contributed by atoms with Crippen LogP contribution in [0.3, 0.4) is 0 Å². The predicted octanol–water partition coefficient (Wildman–Crippen LogP) is 7.72. The molecule has 0 amide bonds. The number of rotatable bonds is 3. The average molecular weight is 399 g/mol. The maximum atomic E-state index is 11.7. The molecule has 2 atom stereocenters. The normalized spacial score (nSPS) is 23.8. The van der Waals surface area contributed by atoms with Crippen molar-refractivity contribution in [3.63, 3.8) is 0 Å². The first-order valence-electron chi connectivity index (χ1n) is 11.8. The van der Waals surface area contributed by atoms with Crippen LogP contribution in [-0.2, 0) is 5.41 Å². The van der Waals surface area contributed by atoms with Crippen LogP contribution in [0.25, 0.3) is 0 Å². The Morgan fingerprint density at radius 2 is 1.67 bits per heavy atom. The summed E-state index contributed by atoms with van der Waals surface area (Å²) in [6.07, 6.45) is 11.4. The Hall–Kier alpha value is -2.28. The van der Waals surface area contributed by atoms with E-state index in [1.807, 2.05) is 0 Å². The molecular weight excluding hydrogens is 364 g/mol. The first kappa shape index (κ1) is 19.7. The van der Waals surface area contributed by atoms with E-state index in [2.05, 4.69) is 69.3 Å². The van der Waals surface area contributed by atoms with Crippen LogP contribution in [0.4, 0.5) is 0 Å². The fourth-order valence-corrected chi connectivity index (χ4v) is 6.36. The van der Waals surface area contributed by atoms with Crippen molar-refractivity contribution in [3.05, 3.63) is 87.5 Å². The molecule has 0 saturated heterocycles. The molecule has 0 spiro atoms. The molecular formula is C29H34O. The summed E-state index contributed by atoms with van der Waals surface area (Å²) in [6, 6.07) is 15.1. The van der Waals surface area contributed by atoms with E-state index in [9.17, 15) is 5.11 Å². The molecule has 0 heterocycles. The number of aromatic hydroxyl groups is 1.